The lowest BCUT2D eigenvalue weighted by Gasteiger charge is -2.20. The molecule has 108 valence electrons. The minimum Gasteiger partial charge on any atom is -0.315 e. The van der Waals surface area contributed by atoms with Crippen LogP contribution in [0, 0.1) is 6.92 Å². The van der Waals surface area contributed by atoms with Crippen LogP contribution in [0.1, 0.15) is 16.9 Å². The summed E-state index contributed by atoms with van der Waals surface area (Å²) in [4.78, 5) is 1.44. The Hall–Kier alpha value is -0.0800. The molecule has 0 aliphatic carbocycles. The number of hydrogen-bond acceptors (Lipinski definition) is 5. The van der Waals surface area contributed by atoms with Crippen LogP contribution in [0.4, 0.5) is 0 Å². The average molecular weight is 321 g/mol. The molecule has 1 saturated heterocycles. The Kier molecular flexibility index (Phi) is 5.30. The number of nitrogens with one attached hydrogen (secondary N) is 1. The van der Waals surface area contributed by atoms with Crippen LogP contribution in [0.2, 0.25) is 0 Å². The van der Waals surface area contributed by atoms with E-state index in [1.54, 1.807) is 4.31 Å². The summed E-state index contributed by atoms with van der Waals surface area (Å²) in [5, 5.41) is 4.99. The third-order valence-electron chi connectivity index (χ3n) is 3.11. The first-order chi connectivity index (χ1) is 9.07. The molecule has 0 atom stereocenters. The van der Waals surface area contributed by atoms with Crippen LogP contribution in [-0.2, 0) is 16.6 Å². The van der Waals surface area contributed by atoms with Gasteiger partial charge in [0.25, 0.3) is 0 Å². The molecule has 7 heteroatoms. The van der Waals surface area contributed by atoms with Crippen LogP contribution >= 0.6 is 23.1 Å². The summed E-state index contributed by atoms with van der Waals surface area (Å²) in [6, 6.07) is 0. The first-order valence-electron chi connectivity index (χ1n) is 6.37. The smallest absolute Gasteiger partial charge is 0.244 e. The van der Waals surface area contributed by atoms with Crippen molar-refractivity contribution in [3.05, 3.63) is 15.8 Å². The van der Waals surface area contributed by atoms with E-state index >= 15 is 0 Å². The van der Waals surface area contributed by atoms with Crippen LogP contribution in [0.25, 0.3) is 0 Å². The molecule has 1 aliphatic rings. The number of rotatable bonds is 4. The molecule has 1 aromatic rings. The van der Waals surface area contributed by atoms with Gasteiger partial charge in [0.05, 0.1) is 0 Å². The highest BCUT2D eigenvalue weighted by Gasteiger charge is 2.29. The molecule has 4 nitrogen and oxygen atoms in total. The van der Waals surface area contributed by atoms with E-state index in [4.69, 9.17) is 0 Å². The Morgan fingerprint density at radius 2 is 2.16 bits per heavy atom. The molecule has 0 aromatic carbocycles. The van der Waals surface area contributed by atoms with Gasteiger partial charge in [-0.15, -0.1) is 11.3 Å². The fourth-order valence-corrected chi connectivity index (χ4v) is 6.46. The average Bonchev–Trinajstić information content (AvgIpc) is 2.60. The molecular formula is C12H20N2O2S3. The van der Waals surface area contributed by atoms with Gasteiger partial charge in [0.15, 0.2) is 0 Å². The predicted octanol–water partition coefficient (Wildman–Crippen LogP) is 1.90. The normalized spacial score (nSPS) is 18.4. The SMILES string of the molecule is CNCc1scc(C)c1S(=O)(=O)N1CCCSCC1. The van der Waals surface area contributed by atoms with Crippen molar-refractivity contribution >= 4 is 33.1 Å². The molecule has 0 unspecified atom stereocenters. The van der Waals surface area contributed by atoms with Gasteiger partial charge < -0.3 is 5.32 Å². The molecule has 1 aliphatic heterocycles. The molecule has 1 N–H and O–H groups in total. The second kappa shape index (κ2) is 6.58. The third-order valence-corrected chi connectivity index (χ3v) is 7.52. The first-order valence-corrected chi connectivity index (χ1v) is 9.84. The van der Waals surface area contributed by atoms with Crippen LogP contribution in [0.3, 0.4) is 0 Å². The van der Waals surface area contributed by atoms with Crippen molar-refractivity contribution < 1.29 is 8.42 Å². The number of nitrogens with zero attached hydrogens (tertiary/aromatic N) is 1. The monoisotopic (exact) mass is 320 g/mol. The number of sulfonamides is 1. The molecule has 0 radical (unpaired) electrons. The highest BCUT2D eigenvalue weighted by atomic mass is 32.2. The largest absolute Gasteiger partial charge is 0.315 e. The third kappa shape index (κ3) is 3.33. The zero-order valence-electron chi connectivity index (χ0n) is 11.3. The van der Waals surface area contributed by atoms with E-state index in [2.05, 4.69) is 5.32 Å². The Labute approximate surface area is 123 Å². The van der Waals surface area contributed by atoms with Gasteiger partial charge in [0.2, 0.25) is 10.0 Å². The molecule has 0 spiro atoms. The van der Waals surface area contributed by atoms with Crippen LogP contribution in [0.15, 0.2) is 10.3 Å². The second-order valence-corrected chi connectivity index (χ2v) is 8.64. The fourth-order valence-electron chi connectivity index (χ4n) is 2.21. The molecule has 2 heterocycles. The summed E-state index contributed by atoms with van der Waals surface area (Å²) in [6.07, 6.45) is 0.939. The number of aryl methyl sites for hydroxylation is 1. The number of thioether (sulfide) groups is 1. The van der Waals surface area contributed by atoms with Gasteiger partial charge >= 0.3 is 0 Å². The van der Waals surface area contributed by atoms with Crippen molar-refractivity contribution in [1.82, 2.24) is 9.62 Å². The van der Waals surface area contributed by atoms with Crippen LogP contribution in [-0.4, -0.2) is 44.4 Å². The Morgan fingerprint density at radius 1 is 1.37 bits per heavy atom. The van der Waals surface area contributed by atoms with Crippen molar-refractivity contribution in [2.24, 2.45) is 0 Å². The maximum atomic E-state index is 12.8. The van der Waals surface area contributed by atoms with Crippen molar-refractivity contribution in [3.8, 4) is 0 Å². The summed E-state index contributed by atoms with van der Waals surface area (Å²) >= 11 is 3.36. The number of hydrogen-bond donors (Lipinski definition) is 1. The molecule has 19 heavy (non-hydrogen) atoms. The highest BCUT2D eigenvalue weighted by Crippen LogP contribution is 2.30. The summed E-state index contributed by atoms with van der Waals surface area (Å²) in [6.45, 7) is 3.76. The van der Waals surface area contributed by atoms with E-state index in [0.717, 1.165) is 28.4 Å². The number of thiophene rings is 1. The highest BCUT2D eigenvalue weighted by molar-refractivity contribution is 7.99. The molecule has 0 bridgehead atoms. The first kappa shape index (κ1) is 15.3. The Bertz CT molecular complexity index is 517. The lowest BCUT2D eigenvalue weighted by Crippen LogP contribution is -2.33. The van der Waals surface area contributed by atoms with Gasteiger partial charge in [0, 0.05) is 30.3 Å². The summed E-state index contributed by atoms with van der Waals surface area (Å²) in [5.74, 6) is 1.95. The van der Waals surface area contributed by atoms with Gasteiger partial charge in [-0.2, -0.15) is 16.1 Å². The molecule has 0 saturated carbocycles. The topological polar surface area (TPSA) is 49.4 Å². The van der Waals surface area contributed by atoms with E-state index in [1.807, 2.05) is 31.1 Å². The standard InChI is InChI=1S/C12H20N2O2S3/c1-10-9-18-11(8-13-2)12(10)19(15,16)14-4-3-6-17-7-5-14/h9,13H,3-8H2,1-2H3. The van der Waals surface area contributed by atoms with Gasteiger partial charge in [0.1, 0.15) is 4.90 Å². The van der Waals surface area contributed by atoms with Gasteiger partial charge in [-0.05, 0) is 37.1 Å². The maximum Gasteiger partial charge on any atom is 0.244 e. The van der Waals surface area contributed by atoms with Gasteiger partial charge in [-0.1, -0.05) is 0 Å². The van der Waals surface area contributed by atoms with Gasteiger partial charge in [-0.3, -0.25) is 0 Å². The van der Waals surface area contributed by atoms with Crippen molar-refractivity contribution in [2.75, 3.05) is 31.6 Å². The molecule has 2 rings (SSSR count). The van der Waals surface area contributed by atoms with Crippen molar-refractivity contribution in [1.29, 1.82) is 0 Å². The Morgan fingerprint density at radius 3 is 2.89 bits per heavy atom. The van der Waals surface area contributed by atoms with Gasteiger partial charge in [-0.25, -0.2) is 8.42 Å². The minimum atomic E-state index is -3.34. The van der Waals surface area contributed by atoms with E-state index in [-0.39, 0.29) is 0 Å². The zero-order valence-corrected chi connectivity index (χ0v) is 13.8. The Balaban J connectivity index is 2.35. The molecule has 0 amide bonds. The van der Waals surface area contributed by atoms with E-state index in [0.29, 0.717) is 24.5 Å². The molecule has 1 fully saturated rings. The maximum absolute atomic E-state index is 12.8. The summed E-state index contributed by atoms with van der Waals surface area (Å²) in [7, 11) is -1.49. The summed E-state index contributed by atoms with van der Waals surface area (Å²) < 4.78 is 27.3. The predicted molar refractivity (Wildman–Crippen MR) is 82.5 cm³/mol. The molecule has 1 aromatic heterocycles. The van der Waals surface area contributed by atoms with Crippen molar-refractivity contribution in [3.63, 3.8) is 0 Å². The fraction of sp³-hybridized carbons (Fsp3) is 0.667. The quantitative estimate of drug-likeness (QED) is 0.920. The zero-order chi connectivity index (χ0) is 13.9. The minimum absolute atomic E-state index is 0.527. The second-order valence-electron chi connectivity index (χ2n) is 4.57. The van der Waals surface area contributed by atoms with Crippen molar-refractivity contribution in [2.45, 2.75) is 24.8 Å². The van der Waals surface area contributed by atoms with Crippen LogP contribution < -0.4 is 5.32 Å². The lowest BCUT2D eigenvalue weighted by atomic mass is 10.3. The van der Waals surface area contributed by atoms with Crippen LogP contribution in [0.5, 0.6) is 0 Å². The van der Waals surface area contributed by atoms with E-state index in [1.165, 1.54) is 11.3 Å². The summed E-state index contributed by atoms with van der Waals surface area (Å²) in [5.41, 5.74) is 0.868. The van der Waals surface area contributed by atoms with E-state index < -0.39 is 10.0 Å². The lowest BCUT2D eigenvalue weighted by molar-refractivity contribution is 0.434. The molecular weight excluding hydrogens is 300 g/mol. The van der Waals surface area contributed by atoms with E-state index in [9.17, 15) is 8.42 Å².